The maximum atomic E-state index is 5.79. The molecular weight excluding hydrogens is 240 g/mol. The van der Waals surface area contributed by atoms with E-state index in [0.29, 0.717) is 30.3 Å². The molecule has 0 spiro atoms. The van der Waals surface area contributed by atoms with Crippen molar-refractivity contribution in [1.82, 2.24) is 0 Å². The van der Waals surface area contributed by atoms with Gasteiger partial charge in [0.25, 0.3) is 0 Å². The molecule has 19 heavy (non-hydrogen) atoms. The van der Waals surface area contributed by atoms with Crippen molar-refractivity contribution < 1.29 is 9.47 Å². The molecule has 0 heterocycles. The van der Waals surface area contributed by atoms with Crippen molar-refractivity contribution >= 4 is 11.4 Å². The third kappa shape index (κ3) is 4.10. The first-order valence-electron chi connectivity index (χ1n) is 6.21. The largest absolute Gasteiger partial charge is 0.493 e. The van der Waals surface area contributed by atoms with Gasteiger partial charge in [0, 0.05) is 12.1 Å². The highest BCUT2D eigenvalue weighted by atomic mass is 16.5. The standard InChI is InChI=1S/C15H18N2O2/c16-12-7-8-15(14(17)11-12)19-10-4-9-18-13-5-2-1-3-6-13/h1-3,5-8,11H,4,9-10,16-17H2. The number of anilines is 2. The molecule has 0 atom stereocenters. The molecule has 0 aliphatic heterocycles. The molecule has 100 valence electrons. The molecule has 0 radical (unpaired) electrons. The van der Waals surface area contributed by atoms with E-state index in [1.807, 2.05) is 30.3 Å². The number of nitrogen functional groups attached to an aromatic ring is 2. The summed E-state index contributed by atoms with van der Waals surface area (Å²) in [5.74, 6) is 1.53. The van der Waals surface area contributed by atoms with E-state index in [2.05, 4.69) is 0 Å². The predicted molar refractivity (Wildman–Crippen MR) is 77.3 cm³/mol. The van der Waals surface area contributed by atoms with Crippen LogP contribution in [0.1, 0.15) is 6.42 Å². The fourth-order valence-corrected chi connectivity index (χ4v) is 1.65. The van der Waals surface area contributed by atoms with Crippen LogP contribution in [0.2, 0.25) is 0 Å². The first-order chi connectivity index (χ1) is 9.25. The van der Waals surface area contributed by atoms with Crippen molar-refractivity contribution in [2.24, 2.45) is 0 Å². The Labute approximate surface area is 112 Å². The van der Waals surface area contributed by atoms with Crippen LogP contribution in [0.25, 0.3) is 0 Å². The zero-order chi connectivity index (χ0) is 13.5. The molecule has 0 bridgehead atoms. The van der Waals surface area contributed by atoms with Crippen LogP contribution in [0.5, 0.6) is 11.5 Å². The summed E-state index contributed by atoms with van der Waals surface area (Å²) in [6, 6.07) is 14.9. The maximum absolute atomic E-state index is 5.79. The molecule has 0 fully saturated rings. The van der Waals surface area contributed by atoms with Gasteiger partial charge in [0.2, 0.25) is 0 Å². The molecule has 0 amide bonds. The Bertz CT molecular complexity index is 515. The Morgan fingerprint density at radius 3 is 2.32 bits per heavy atom. The van der Waals surface area contributed by atoms with Crippen LogP contribution in [0.15, 0.2) is 48.5 Å². The first kappa shape index (κ1) is 13.1. The van der Waals surface area contributed by atoms with Crippen molar-refractivity contribution in [2.75, 3.05) is 24.7 Å². The quantitative estimate of drug-likeness (QED) is 0.617. The normalized spacial score (nSPS) is 10.1. The third-order valence-corrected chi connectivity index (χ3v) is 2.59. The molecule has 2 rings (SSSR count). The van der Waals surface area contributed by atoms with Crippen molar-refractivity contribution in [3.63, 3.8) is 0 Å². The number of rotatable bonds is 6. The average molecular weight is 258 g/mol. The number of hydrogen-bond donors (Lipinski definition) is 2. The van der Waals surface area contributed by atoms with E-state index in [-0.39, 0.29) is 0 Å². The van der Waals surface area contributed by atoms with Crippen LogP contribution in [-0.2, 0) is 0 Å². The summed E-state index contributed by atoms with van der Waals surface area (Å²) in [6.07, 6.45) is 0.790. The van der Waals surface area contributed by atoms with Crippen LogP contribution in [0.4, 0.5) is 11.4 Å². The summed E-state index contributed by atoms with van der Waals surface area (Å²) in [7, 11) is 0. The Morgan fingerprint density at radius 2 is 1.58 bits per heavy atom. The van der Waals surface area contributed by atoms with Gasteiger partial charge >= 0.3 is 0 Å². The SMILES string of the molecule is Nc1ccc(OCCCOc2ccccc2)c(N)c1. The summed E-state index contributed by atoms with van der Waals surface area (Å²) in [4.78, 5) is 0. The molecule has 0 saturated heterocycles. The second-order valence-electron chi connectivity index (χ2n) is 4.16. The Kier molecular flexibility index (Phi) is 4.50. The Hall–Kier alpha value is -2.36. The molecule has 2 aromatic rings. The Morgan fingerprint density at radius 1 is 0.842 bits per heavy atom. The van der Waals surface area contributed by atoms with Crippen LogP contribution in [0.3, 0.4) is 0 Å². The van der Waals surface area contributed by atoms with Gasteiger partial charge in [-0.3, -0.25) is 0 Å². The highest BCUT2D eigenvalue weighted by Crippen LogP contribution is 2.23. The monoisotopic (exact) mass is 258 g/mol. The molecule has 2 aromatic carbocycles. The lowest BCUT2D eigenvalue weighted by molar-refractivity contribution is 0.248. The lowest BCUT2D eigenvalue weighted by Gasteiger charge is -2.10. The lowest BCUT2D eigenvalue weighted by Crippen LogP contribution is -2.06. The van der Waals surface area contributed by atoms with Crippen LogP contribution < -0.4 is 20.9 Å². The number of benzene rings is 2. The van der Waals surface area contributed by atoms with Gasteiger partial charge < -0.3 is 20.9 Å². The fraction of sp³-hybridized carbons (Fsp3) is 0.200. The Balaban J connectivity index is 1.69. The molecule has 0 aliphatic rings. The van der Waals surface area contributed by atoms with Crippen molar-refractivity contribution in [2.45, 2.75) is 6.42 Å². The third-order valence-electron chi connectivity index (χ3n) is 2.59. The molecule has 0 aromatic heterocycles. The minimum Gasteiger partial charge on any atom is -0.493 e. The smallest absolute Gasteiger partial charge is 0.142 e. The highest BCUT2D eigenvalue weighted by molar-refractivity contribution is 5.60. The van der Waals surface area contributed by atoms with E-state index in [1.165, 1.54) is 0 Å². The molecule has 4 heteroatoms. The minimum atomic E-state index is 0.556. The number of hydrogen-bond acceptors (Lipinski definition) is 4. The first-order valence-corrected chi connectivity index (χ1v) is 6.21. The van der Waals surface area contributed by atoms with E-state index >= 15 is 0 Å². The summed E-state index contributed by atoms with van der Waals surface area (Å²) in [5.41, 5.74) is 12.6. The van der Waals surface area contributed by atoms with Crippen LogP contribution >= 0.6 is 0 Å². The molecule has 0 saturated carbocycles. The molecule has 0 unspecified atom stereocenters. The maximum Gasteiger partial charge on any atom is 0.142 e. The zero-order valence-corrected chi connectivity index (χ0v) is 10.7. The van der Waals surface area contributed by atoms with Crippen LogP contribution in [0, 0.1) is 0 Å². The number of nitrogens with two attached hydrogens (primary N) is 2. The van der Waals surface area contributed by atoms with Crippen molar-refractivity contribution in [1.29, 1.82) is 0 Å². The van der Waals surface area contributed by atoms with E-state index in [9.17, 15) is 0 Å². The average Bonchev–Trinajstić information content (AvgIpc) is 2.42. The molecule has 0 aliphatic carbocycles. The van der Waals surface area contributed by atoms with Gasteiger partial charge in [-0.15, -0.1) is 0 Å². The van der Waals surface area contributed by atoms with Gasteiger partial charge in [-0.2, -0.15) is 0 Å². The van der Waals surface area contributed by atoms with E-state index < -0.39 is 0 Å². The molecular formula is C15H18N2O2. The van der Waals surface area contributed by atoms with Gasteiger partial charge in [0.05, 0.1) is 18.9 Å². The summed E-state index contributed by atoms with van der Waals surface area (Å²) in [5, 5.41) is 0. The lowest BCUT2D eigenvalue weighted by atomic mass is 10.2. The fourth-order valence-electron chi connectivity index (χ4n) is 1.65. The summed E-state index contributed by atoms with van der Waals surface area (Å²) in [6.45, 7) is 1.17. The highest BCUT2D eigenvalue weighted by Gasteiger charge is 2.00. The summed E-state index contributed by atoms with van der Waals surface area (Å²) < 4.78 is 11.1. The molecule has 4 N–H and O–H groups in total. The van der Waals surface area contributed by atoms with Gasteiger partial charge in [0.15, 0.2) is 0 Å². The van der Waals surface area contributed by atoms with Gasteiger partial charge in [0.1, 0.15) is 11.5 Å². The topological polar surface area (TPSA) is 70.5 Å². The van der Waals surface area contributed by atoms with Crippen molar-refractivity contribution in [3.05, 3.63) is 48.5 Å². The van der Waals surface area contributed by atoms with Crippen LogP contribution in [-0.4, -0.2) is 13.2 Å². The van der Waals surface area contributed by atoms with Gasteiger partial charge in [-0.05, 0) is 30.3 Å². The number of para-hydroxylation sites is 1. The number of ether oxygens (including phenoxy) is 2. The minimum absolute atomic E-state index is 0.556. The predicted octanol–water partition coefficient (Wildman–Crippen LogP) is 2.70. The van der Waals surface area contributed by atoms with E-state index in [1.54, 1.807) is 18.2 Å². The second kappa shape index (κ2) is 6.54. The van der Waals surface area contributed by atoms with Gasteiger partial charge in [-0.25, -0.2) is 0 Å². The zero-order valence-electron chi connectivity index (χ0n) is 10.7. The van der Waals surface area contributed by atoms with E-state index in [0.717, 1.165) is 12.2 Å². The van der Waals surface area contributed by atoms with E-state index in [4.69, 9.17) is 20.9 Å². The second-order valence-corrected chi connectivity index (χ2v) is 4.16. The molecule has 4 nitrogen and oxygen atoms in total. The summed E-state index contributed by atoms with van der Waals surface area (Å²) >= 11 is 0. The van der Waals surface area contributed by atoms with Crippen molar-refractivity contribution in [3.8, 4) is 11.5 Å². The van der Waals surface area contributed by atoms with Gasteiger partial charge in [-0.1, -0.05) is 18.2 Å².